The van der Waals surface area contributed by atoms with E-state index in [1.807, 2.05) is 20.8 Å². The predicted molar refractivity (Wildman–Crippen MR) is 100 cm³/mol. The number of ether oxygens (including phenoxy) is 2. The first-order valence-electron chi connectivity index (χ1n) is 8.14. The van der Waals surface area contributed by atoms with Crippen molar-refractivity contribution in [3.8, 4) is 0 Å². The Morgan fingerprint density at radius 2 is 1.23 bits per heavy atom. The van der Waals surface area contributed by atoms with Crippen LogP contribution in [0.25, 0.3) is 0 Å². The standard InChI is InChI=1S/C8H18N2O4S.C7H16N2O2/c1-8(2,3)14-7(11)9-5-6-10-15(4,12)13;1-7(2,3)11-6(10)9-5-4-8/h10H,5-6H2,1-4H3,(H,9,11);4-5,8H2,1-3H3,(H,9,10). The summed E-state index contributed by atoms with van der Waals surface area (Å²) in [5, 5.41) is 4.93. The van der Waals surface area contributed by atoms with Crippen molar-refractivity contribution < 1.29 is 27.5 Å². The van der Waals surface area contributed by atoms with Crippen LogP contribution in [0.15, 0.2) is 0 Å². The molecule has 0 rings (SSSR count). The van der Waals surface area contributed by atoms with Gasteiger partial charge in [-0.25, -0.2) is 22.7 Å². The van der Waals surface area contributed by atoms with Gasteiger partial charge in [-0.3, -0.25) is 0 Å². The van der Waals surface area contributed by atoms with Crippen LogP contribution in [0.2, 0.25) is 0 Å². The van der Waals surface area contributed by atoms with Crippen molar-refractivity contribution >= 4 is 22.2 Å². The Kier molecular flexibility index (Phi) is 12.2. The minimum Gasteiger partial charge on any atom is -0.444 e. The second kappa shape index (κ2) is 11.9. The molecule has 0 saturated heterocycles. The molecule has 0 aromatic rings. The van der Waals surface area contributed by atoms with E-state index in [1.165, 1.54) is 0 Å². The molecule has 10 nitrogen and oxygen atoms in total. The highest BCUT2D eigenvalue weighted by Gasteiger charge is 2.16. The summed E-state index contributed by atoms with van der Waals surface area (Å²) in [7, 11) is -3.20. The van der Waals surface area contributed by atoms with Crippen molar-refractivity contribution in [3.63, 3.8) is 0 Å². The molecule has 11 heteroatoms. The molecular weight excluding hydrogens is 364 g/mol. The largest absolute Gasteiger partial charge is 0.444 e. The Labute approximate surface area is 156 Å². The van der Waals surface area contributed by atoms with Crippen molar-refractivity contribution in [2.24, 2.45) is 5.73 Å². The first-order chi connectivity index (χ1) is 11.6. The van der Waals surface area contributed by atoms with Gasteiger partial charge in [-0.15, -0.1) is 0 Å². The number of amides is 2. The lowest BCUT2D eigenvalue weighted by molar-refractivity contribution is 0.0517. The lowest BCUT2D eigenvalue weighted by Crippen LogP contribution is -2.37. The third-order valence-corrected chi connectivity index (χ3v) is 2.70. The Bertz CT molecular complexity index is 523. The summed E-state index contributed by atoms with van der Waals surface area (Å²) in [5.41, 5.74) is 4.19. The Balaban J connectivity index is 0. The van der Waals surface area contributed by atoms with Crippen LogP contribution < -0.4 is 21.1 Å². The number of sulfonamides is 1. The molecule has 2 amide bonds. The van der Waals surface area contributed by atoms with Gasteiger partial charge >= 0.3 is 12.2 Å². The maximum Gasteiger partial charge on any atom is 0.407 e. The van der Waals surface area contributed by atoms with Gasteiger partial charge < -0.3 is 25.8 Å². The van der Waals surface area contributed by atoms with Gasteiger partial charge in [-0.05, 0) is 41.5 Å². The molecule has 0 heterocycles. The van der Waals surface area contributed by atoms with Crippen molar-refractivity contribution in [2.45, 2.75) is 52.7 Å². The Hall–Kier alpha value is -1.59. The van der Waals surface area contributed by atoms with E-state index in [1.54, 1.807) is 20.8 Å². The Morgan fingerprint density at radius 1 is 0.846 bits per heavy atom. The zero-order chi connectivity index (χ0) is 21.0. The van der Waals surface area contributed by atoms with Crippen LogP contribution in [0.1, 0.15) is 41.5 Å². The average Bonchev–Trinajstić information content (AvgIpc) is 2.37. The van der Waals surface area contributed by atoms with Gasteiger partial charge in [0.1, 0.15) is 11.2 Å². The number of nitrogens with two attached hydrogens (primary N) is 1. The summed E-state index contributed by atoms with van der Waals surface area (Å²) in [6.07, 6.45) is 0.0845. The quantitative estimate of drug-likeness (QED) is 0.477. The second-order valence-corrected chi connectivity index (χ2v) is 9.15. The summed E-state index contributed by atoms with van der Waals surface area (Å²) in [6, 6.07) is 0. The number of rotatable bonds is 6. The predicted octanol–water partition coefficient (Wildman–Crippen LogP) is 0.530. The summed E-state index contributed by atoms with van der Waals surface area (Å²) < 4.78 is 33.4. The van der Waals surface area contributed by atoms with Crippen LogP contribution in [-0.4, -0.2) is 64.2 Å². The van der Waals surface area contributed by atoms with Gasteiger partial charge in [0.05, 0.1) is 6.26 Å². The maximum absolute atomic E-state index is 11.1. The zero-order valence-electron chi connectivity index (χ0n) is 16.8. The summed E-state index contributed by atoms with van der Waals surface area (Å²) in [5.74, 6) is 0. The van der Waals surface area contributed by atoms with E-state index in [9.17, 15) is 18.0 Å². The molecule has 26 heavy (non-hydrogen) atoms. The molecule has 0 saturated carbocycles. The fourth-order valence-corrected chi connectivity index (χ4v) is 1.68. The third-order valence-electron chi connectivity index (χ3n) is 1.97. The minimum absolute atomic E-state index is 0.151. The highest BCUT2D eigenvalue weighted by atomic mass is 32.2. The molecule has 0 radical (unpaired) electrons. The summed E-state index contributed by atoms with van der Waals surface area (Å²) in [4.78, 5) is 21.9. The number of alkyl carbamates (subject to hydrolysis) is 2. The van der Waals surface area contributed by atoms with Gasteiger partial charge in [-0.2, -0.15) is 0 Å². The van der Waals surface area contributed by atoms with Gasteiger partial charge in [0.25, 0.3) is 0 Å². The van der Waals surface area contributed by atoms with E-state index in [0.717, 1.165) is 6.26 Å². The van der Waals surface area contributed by atoms with Gasteiger partial charge in [0.2, 0.25) is 10.0 Å². The van der Waals surface area contributed by atoms with Crippen molar-refractivity contribution in [3.05, 3.63) is 0 Å². The minimum atomic E-state index is -3.20. The zero-order valence-corrected chi connectivity index (χ0v) is 17.6. The van der Waals surface area contributed by atoms with Crippen LogP contribution in [0, 0.1) is 0 Å². The first-order valence-corrected chi connectivity index (χ1v) is 10.0. The van der Waals surface area contributed by atoms with Crippen LogP contribution in [0.5, 0.6) is 0 Å². The molecule has 0 fully saturated rings. The molecule has 0 aliphatic rings. The van der Waals surface area contributed by atoms with Gasteiger partial charge in [0.15, 0.2) is 0 Å². The first kappa shape index (κ1) is 26.6. The molecule has 0 aromatic carbocycles. The smallest absolute Gasteiger partial charge is 0.407 e. The van der Waals surface area contributed by atoms with E-state index < -0.39 is 33.4 Å². The van der Waals surface area contributed by atoms with E-state index >= 15 is 0 Å². The number of carbonyl (C=O) groups excluding carboxylic acids is 2. The molecule has 0 aliphatic carbocycles. The molecule has 0 atom stereocenters. The Morgan fingerprint density at radius 3 is 1.54 bits per heavy atom. The van der Waals surface area contributed by atoms with E-state index in [2.05, 4.69) is 15.4 Å². The van der Waals surface area contributed by atoms with Gasteiger partial charge in [-0.1, -0.05) is 0 Å². The number of hydrogen-bond acceptors (Lipinski definition) is 7. The van der Waals surface area contributed by atoms with Crippen LogP contribution >= 0.6 is 0 Å². The maximum atomic E-state index is 11.1. The third kappa shape index (κ3) is 24.7. The van der Waals surface area contributed by atoms with Crippen molar-refractivity contribution in [1.29, 1.82) is 0 Å². The average molecular weight is 399 g/mol. The monoisotopic (exact) mass is 398 g/mol. The number of nitrogens with one attached hydrogen (secondary N) is 3. The van der Waals surface area contributed by atoms with Crippen LogP contribution in [0.3, 0.4) is 0 Å². The normalized spacial score (nSPS) is 11.7. The molecule has 156 valence electrons. The molecular formula is C15H34N4O6S. The highest BCUT2D eigenvalue weighted by molar-refractivity contribution is 7.88. The van der Waals surface area contributed by atoms with Crippen LogP contribution in [-0.2, 0) is 19.5 Å². The van der Waals surface area contributed by atoms with Crippen molar-refractivity contribution in [1.82, 2.24) is 15.4 Å². The lowest BCUT2D eigenvalue weighted by atomic mass is 10.2. The summed E-state index contributed by atoms with van der Waals surface area (Å²) >= 11 is 0. The SMILES string of the molecule is CC(C)(C)OC(=O)NCCN.CC(C)(C)OC(=O)NCCNS(C)(=O)=O. The number of hydrogen-bond donors (Lipinski definition) is 4. The highest BCUT2D eigenvalue weighted by Crippen LogP contribution is 2.06. The molecule has 0 aliphatic heterocycles. The van der Waals surface area contributed by atoms with E-state index in [4.69, 9.17) is 15.2 Å². The molecule has 0 unspecified atom stereocenters. The van der Waals surface area contributed by atoms with Crippen LogP contribution in [0.4, 0.5) is 9.59 Å². The number of carbonyl (C=O) groups is 2. The van der Waals surface area contributed by atoms with Crippen molar-refractivity contribution in [2.75, 3.05) is 32.4 Å². The lowest BCUT2D eigenvalue weighted by Gasteiger charge is -2.19. The fraction of sp³-hybridized carbons (Fsp3) is 0.867. The molecule has 0 spiro atoms. The van der Waals surface area contributed by atoms with E-state index in [-0.39, 0.29) is 13.1 Å². The van der Waals surface area contributed by atoms with E-state index in [0.29, 0.717) is 13.1 Å². The second-order valence-electron chi connectivity index (χ2n) is 7.31. The molecule has 0 bridgehead atoms. The van der Waals surface area contributed by atoms with Gasteiger partial charge in [0, 0.05) is 26.2 Å². The topological polar surface area (TPSA) is 149 Å². The summed E-state index contributed by atoms with van der Waals surface area (Å²) in [6.45, 7) is 11.9. The fourth-order valence-electron chi connectivity index (χ4n) is 1.20. The molecule has 5 N–H and O–H groups in total. The molecule has 0 aromatic heterocycles.